The summed E-state index contributed by atoms with van der Waals surface area (Å²) in [7, 11) is 0. The van der Waals surface area contributed by atoms with Crippen LogP contribution in [-0.4, -0.2) is 9.78 Å². The van der Waals surface area contributed by atoms with Crippen LogP contribution in [0.25, 0.3) is 10.9 Å². The maximum Gasteiger partial charge on any atom is 0.116 e. The molecule has 3 nitrogen and oxygen atoms in total. The Morgan fingerprint density at radius 1 is 0.618 bits per heavy atom. The number of hydrogen-bond acceptors (Lipinski definition) is 2. The predicted molar refractivity (Wildman–Crippen MR) is 141 cm³/mol. The van der Waals surface area contributed by atoms with Gasteiger partial charge in [-0.1, -0.05) is 78.9 Å². The van der Waals surface area contributed by atoms with Crippen LogP contribution in [0.1, 0.15) is 28.8 Å². The standard InChI is InChI=1S/C31H30N2O/c34-27-20-22-31-29(23-27)28(18-10-15-24-11-4-1-5-12-24)30(21-19-25-13-6-2-7-14-25)33(31)32-26-16-8-3-9-17-26/h1-9,11-14,16-17,20,22-23,32,34H,10,15,18-19,21H2. The zero-order valence-corrected chi connectivity index (χ0v) is 19.3. The zero-order valence-electron chi connectivity index (χ0n) is 19.3. The summed E-state index contributed by atoms with van der Waals surface area (Å²) in [5, 5.41) is 11.5. The van der Waals surface area contributed by atoms with Gasteiger partial charge in [-0.2, -0.15) is 0 Å². The van der Waals surface area contributed by atoms with E-state index in [0.29, 0.717) is 5.75 Å². The van der Waals surface area contributed by atoms with E-state index in [1.165, 1.54) is 22.4 Å². The lowest BCUT2D eigenvalue weighted by molar-refractivity contribution is 0.476. The van der Waals surface area contributed by atoms with Crippen LogP contribution in [-0.2, 0) is 25.7 Å². The van der Waals surface area contributed by atoms with E-state index in [0.717, 1.165) is 48.7 Å². The van der Waals surface area contributed by atoms with Crippen molar-refractivity contribution < 1.29 is 5.11 Å². The van der Waals surface area contributed by atoms with Gasteiger partial charge in [-0.15, -0.1) is 0 Å². The molecule has 0 aliphatic rings. The Bertz CT molecular complexity index is 1340. The number of phenols is 1. The van der Waals surface area contributed by atoms with Crippen molar-refractivity contribution in [2.24, 2.45) is 0 Å². The van der Waals surface area contributed by atoms with E-state index in [2.05, 4.69) is 82.9 Å². The summed E-state index contributed by atoms with van der Waals surface area (Å²) >= 11 is 0. The smallest absolute Gasteiger partial charge is 0.116 e. The molecule has 0 aliphatic heterocycles. The largest absolute Gasteiger partial charge is 0.508 e. The molecule has 0 aliphatic carbocycles. The van der Waals surface area contributed by atoms with Crippen LogP contribution in [0.2, 0.25) is 0 Å². The molecule has 2 N–H and O–H groups in total. The second-order valence-electron chi connectivity index (χ2n) is 8.76. The summed E-state index contributed by atoms with van der Waals surface area (Å²) in [4.78, 5) is 0. The number of benzene rings is 4. The van der Waals surface area contributed by atoms with Crippen LogP contribution in [0.3, 0.4) is 0 Å². The number of aromatic hydroxyl groups is 1. The monoisotopic (exact) mass is 446 g/mol. The first-order valence-electron chi connectivity index (χ1n) is 12.0. The fourth-order valence-electron chi connectivity index (χ4n) is 4.73. The summed E-state index contributed by atoms with van der Waals surface area (Å²) < 4.78 is 2.23. The maximum atomic E-state index is 10.3. The summed E-state index contributed by atoms with van der Waals surface area (Å²) in [5.41, 5.74) is 11.1. The topological polar surface area (TPSA) is 37.2 Å². The molecule has 0 radical (unpaired) electrons. The average Bonchev–Trinajstić information content (AvgIpc) is 3.16. The maximum absolute atomic E-state index is 10.3. The molecule has 0 unspecified atom stereocenters. The summed E-state index contributed by atoms with van der Waals surface area (Å²) in [6.07, 6.45) is 4.94. The Balaban J connectivity index is 1.53. The van der Waals surface area contributed by atoms with Crippen molar-refractivity contribution in [2.45, 2.75) is 32.1 Å². The minimum Gasteiger partial charge on any atom is -0.508 e. The van der Waals surface area contributed by atoms with Gasteiger partial charge in [-0.25, -0.2) is 0 Å². The molecule has 1 aromatic heterocycles. The van der Waals surface area contributed by atoms with Gasteiger partial charge in [0, 0.05) is 11.1 Å². The van der Waals surface area contributed by atoms with Crippen LogP contribution in [0, 0.1) is 0 Å². The second-order valence-corrected chi connectivity index (χ2v) is 8.76. The molecule has 0 fully saturated rings. The second kappa shape index (κ2) is 10.3. The lowest BCUT2D eigenvalue weighted by atomic mass is 9.98. The Morgan fingerprint density at radius 3 is 1.91 bits per heavy atom. The lowest BCUT2D eigenvalue weighted by Crippen LogP contribution is -2.14. The van der Waals surface area contributed by atoms with Gasteiger partial charge in [0.25, 0.3) is 0 Å². The Labute approximate surface area is 201 Å². The predicted octanol–water partition coefficient (Wildman–Crippen LogP) is 7.18. The van der Waals surface area contributed by atoms with Gasteiger partial charge in [0.15, 0.2) is 0 Å². The fraction of sp³-hybridized carbons (Fsp3) is 0.161. The van der Waals surface area contributed by atoms with E-state index in [4.69, 9.17) is 0 Å². The molecule has 0 bridgehead atoms. The van der Waals surface area contributed by atoms with Gasteiger partial charge in [0.05, 0.1) is 11.2 Å². The van der Waals surface area contributed by atoms with Crippen LogP contribution >= 0.6 is 0 Å². The number of fused-ring (bicyclic) bond motifs is 1. The van der Waals surface area contributed by atoms with E-state index in [9.17, 15) is 5.11 Å². The number of hydrogen-bond donors (Lipinski definition) is 2. The number of phenolic OH excluding ortho intramolecular Hbond substituents is 1. The van der Waals surface area contributed by atoms with Crippen LogP contribution in [0.4, 0.5) is 5.69 Å². The van der Waals surface area contributed by atoms with E-state index in [1.54, 1.807) is 6.07 Å². The highest BCUT2D eigenvalue weighted by molar-refractivity contribution is 5.87. The molecule has 0 saturated carbocycles. The molecule has 34 heavy (non-hydrogen) atoms. The van der Waals surface area contributed by atoms with E-state index in [-0.39, 0.29) is 0 Å². The molecule has 3 heteroatoms. The molecule has 1 heterocycles. The minimum atomic E-state index is 0.309. The van der Waals surface area contributed by atoms with E-state index >= 15 is 0 Å². The third kappa shape index (κ3) is 4.99. The number of nitrogens with zero attached hydrogens (tertiary/aromatic N) is 1. The van der Waals surface area contributed by atoms with Crippen LogP contribution < -0.4 is 5.43 Å². The van der Waals surface area contributed by atoms with Gasteiger partial charge in [-0.3, -0.25) is 10.1 Å². The first-order chi connectivity index (χ1) is 16.8. The molecule has 0 spiro atoms. The average molecular weight is 447 g/mol. The first kappa shape index (κ1) is 21.8. The molecular formula is C31H30N2O. The summed E-state index contributed by atoms with van der Waals surface area (Å²) in [5.74, 6) is 0.309. The quantitative estimate of drug-likeness (QED) is 0.252. The van der Waals surface area contributed by atoms with Gasteiger partial charge in [-0.05, 0) is 79.1 Å². The van der Waals surface area contributed by atoms with Crippen molar-refractivity contribution in [3.05, 3.63) is 132 Å². The first-order valence-corrected chi connectivity index (χ1v) is 12.0. The molecule has 5 aromatic rings. The van der Waals surface area contributed by atoms with Crippen molar-refractivity contribution in [1.29, 1.82) is 0 Å². The summed E-state index contributed by atoms with van der Waals surface area (Å²) in [6, 6.07) is 37.3. The van der Waals surface area contributed by atoms with Crippen molar-refractivity contribution in [1.82, 2.24) is 4.68 Å². The number of nitrogens with one attached hydrogen (secondary N) is 1. The minimum absolute atomic E-state index is 0.309. The van der Waals surface area contributed by atoms with E-state index in [1.807, 2.05) is 30.3 Å². The number of para-hydroxylation sites is 1. The summed E-state index contributed by atoms with van der Waals surface area (Å²) in [6.45, 7) is 0. The number of rotatable bonds is 9. The van der Waals surface area contributed by atoms with Crippen molar-refractivity contribution in [3.8, 4) is 5.75 Å². The van der Waals surface area contributed by atoms with Gasteiger partial charge in [0.1, 0.15) is 5.75 Å². The third-order valence-electron chi connectivity index (χ3n) is 6.41. The fourth-order valence-corrected chi connectivity index (χ4v) is 4.73. The molecule has 170 valence electrons. The third-order valence-corrected chi connectivity index (χ3v) is 6.41. The van der Waals surface area contributed by atoms with Gasteiger partial charge >= 0.3 is 0 Å². The van der Waals surface area contributed by atoms with Crippen molar-refractivity contribution >= 4 is 16.6 Å². The Hall–Kier alpha value is -3.98. The normalized spacial score (nSPS) is 11.1. The van der Waals surface area contributed by atoms with Crippen LogP contribution in [0.5, 0.6) is 5.75 Å². The molecule has 0 saturated heterocycles. The van der Waals surface area contributed by atoms with Gasteiger partial charge in [0.2, 0.25) is 0 Å². The number of aromatic nitrogens is 1. The van der Waals surface area contributed by atoms with Crippen molar-refractivity contribution in [3.63, 3.8) is 0 Å². The number of aryl methyl sites for hydroxylation is 3. The zero-order chi connectivity index (χ0) is 23.2. The molecule has 0 amide bonds. The number of anilines is 1. The molecular weight excluding hydrogens is 416 g/mol. The van der Waals surface area contributed by atoms with E-state index < -0.39 is 0 Å². The highest BCUT2D eigenvalue weighted by Crippen LogP contribution is 2.32. The van der Waals surface area contributed by atoms with Gasteiger partial charge < -0.3 is 5.11 Å². The Morgan fingerprint density at radius 2 is 1.24 bits per heavy atom. The van der Waals surface area contributed by atoms with Crippen molar-refractivity contribution in [2.75, 3.05) is 5.43 Å². The molecule has 4 aromatic carbocycles. The molecule has 0 atom stereocenters. The lowest BCUT2D eigenvalue weighted by Gasteiger charge is -2.15. The highest BCUT2D eigenvalue weighted by atomic mass is 16.3. The van der Waals surface area contributed by atoms with Crippen LogP contribution in [0.15, 0.2) is 109 Å². The highest BCUT2D eigenvalue weighted by Gasteiger charge is 2.18. The Kier molecular flexibility index (Phi) is 6.62. The molecule has 5 rings (SSSR count). The SMILES string of the molecule is Oc1ccc2c(c1)c(CCCc1ccccc1)c(CCc1ccccc1)n2Nc1ccccc1.